The molecule has 0 bridgehead atoms. The second kappa shape index (κ2) is 4.06. The predicted octanol–water partition coefficient (Wildman–Crippen LogP) is 2.70. The zero-order valence-corrected chi connectivity index (χ0v) is 10.9. The van der Waals surface area contributed by atoms with Gasteiger partial charge in [0.15, 0.2) is 0 Å². The summed E-state index contributed by atoms with van der Waals surface area (Å²) in [5.41, 5.74) is 0.688. The molecule has 1 aromatic rings. The Labute approximate surface area is 102 Å². The lowest BCUT2D eigenvalue weighted by atomic mass is 9.83. The lowest BCUT2D eigenvalue weighted by Crippen LogP contribution is -2.31. The zero-order valence-electron chi connectivity index (χ0n) is 10.9. The summed E-state index contributed by atoms with van der Waals surface area (Å²) in [5, 5.41) is 0. The first-order valence-electron chi connectivity index (χ1n) is 5.93. The quantitative estimate of drug-likeness (QED) is 0.786. The molecule has 1 unspecified atom stereocenters. The first-order valence-corrected chi connectivity index (χ1v) is 5.93. The molecule has 92 valence electrons. The Morgan fingerprint density at radius 1 is 1.29 bits per heavy atom. The average molecular weight is 233 g/mol. The first kappa shape index (κ1) is 12.0. The van der Waals surface area contributed by atoms with Crippen LogP contribution >= 0.6 is 0 Å². The van der Waals surface area contributed by atoms with Crippen molar-refractivity contribution in [2.45, 2.75) is 20.8 Å². The Kier molecular flexibility index (Phi) is 2.86. The predicted molar refractivity (Wildman–Crippen MR) is 68.3 cm³/mol. The molecule has 1 aliphatic rings. The number of nitrogens with zero attached hydrogens (tertiary/aromatic N) is 1. The van der Waals surface area contributed by atoms with E-state index in [0.29, 0.717) is 5.92 Å². The summed E-state index contributed by atoms with van der Waals surface area (Å²) >= 11 is 0. The monoisotopic (exact) mass is 233 g/mol. The number of hydrogen-bond acceptors (Lipinski definition) is 2. The molecule has 1 aliphatic heterocycles. The maximum absolute atomic E-state index is 12.3. The van der Waals surface area contributed by atoms with Gasteiger partial charge in [0.1, 0.15) is 5.75 Å². The van der Waals surface area contributed by atoms with Crippen molar-refractivity contribution in [1.82, 2.24) is 0 Å². The van der Waals surface area contributed by atoms with Gasteiger partial charge in [-0.05, 0) is 30.2 Å². The van der Waals surface area contributed by atoms with E-state index in [2.05, 4.69) is 6.92 Å². The SMILES string of the molecule is COc1ccc(N2CC(C)C(C)(C)C2=O)cc1. The highest BCUT2D eigenvalue weighted by molar-refractivity contribution is 5.99. The normalized spacial score (nSPS) is 22.9. The van der Waals surface area contributed by atoms with Crippen molar-refractivity contribution < 1.29 is 9.53 Å². The Bertz CT molecular complexity index is 422. The van der Waals surface area contributed by atoms with Crippen LogP contribution in [-0.4, -0.2) is 19.6 Å². The zero-order chi connectivity index (χ0) is 12.6. The van der Waals surface area contributed by atoms with Crippen LogP contribution in [0.4, 0.5) is 5.69 Å². The van der Waals surface area contributed by atoms with Crippen molar-refractivity contribution in [1.29, 1.82) is 0 Å². The third-order valence-corrected chi connectivity index (χ3v) is 3.87. The van der Waals surface area contributed by atoms with Crippen molar-refractivity contribution >= 4 is 11.6 Å². The number of methoxy groups -OCH3 is 1. The Morgan fingerprint density at radius 3 is 2.29 bits per heavy atom. The van der Waals surface area contributed by atoms with E-state index >= 15 is 0 Å². The first-order chi connectivity index (χ1) is 7.96. The van der Waals surface area contributed by atoms with Gasteiger partial charge in [-0.2, -0.15) is 0 Å². The summed E-state index contributed by atoms with van der Waals surface area (Å²) in [7, 11) is 1.64. The smallest absolute Gasteiger partial charge is 0.232 e. The van der Waals surface area contributed by atoms with Crippen LogP contribution in [0.3, 0.4) is 0 Å². The molecule has 17 heavy (non-hydrogen) atoms. The average Bonchev–Trinajstić information content (AvgIpc) is 2.53. The van der Waals surface area contributed by atoms with Crippen LogP contribution in [0.5, 0.6) is 5.75 Å². The summed E-state index contributed by atoms with van der Waals surface area (Å²) in [6, 6.07) is 7.65. The van der Waals surface area contributed by atoms with Crippen molar-refractivity contribution in [3.63, 3.8) is 0 Å². The molecule has 3 nitrogen and oxygen atoms in total. The molecule has 0 aliphatic carbocycles. The Hall–Kier alpha value is -1.51. The van der Waals surface area contributed by atoms with E-state index in [1.54, 1.807) is 7.11 Å². The van der Waals surface area contributed by atoms with E-state index < -0.39 is 0 Å². The summed E-state index contributed by atoms with van der Waals surface area (Å²) < 4.78 is 5.12. The molecule has 0 N–H and O–H groups in total. The molecule has 2 rings (SSSR count). The molecule has 1 saturated heterocycles. The minimum atomic E-state index is -0.264. The third-order valence-electron chi connectivity index (χ3n) is 3.87. The Morgan fingerprint density at radius 2 is 1.88 bits per heavy atom. The van der Waals surface area contributed by atoms with E-state index in [9.17, 15) is 4.79 Å². The van der Waals surface area contributed by atoms with Crippen LogP contribution in [0.2, 0.25) is 0 Å². The summed E-state index contributed by atoms with van der Waals surface area (Å²) in [6.07, 6.45) is 0. The largest absolute Gasteiger partial charge is 0.497 e. The molecule has 1 aromatic carbocycles. The van der Waals surface area contributed by atoms with E-state index in [1.807, 2.05) is 43.0 Å². The fourth-order valence-corrected chi connectivity index (χ4v) is 2.13. The van der Waals surface area contributed by atoms with Gasteiger partial charge in [-0.25, -0.2) is 0 Å². The molecule has 0 aromatic heterocycles. The number of amides is 1. The van der Waals surface area contributed by atoms with Crippen LogP contribution in [0.1, 0.15) is 20.8 Å². The topological polar surface area (TPSA) is 29.5 Å². The van der Waals surface area contributed by atoms with Gasteiger partial charge in [0.05, 0.1) is 7.11 Å². The molecular weight excluding hydrogens is 214 g/mol. The van der Waals surface area contributed by atoms with Gasteiger partial charge in [0, 0.05) is 17.6 Å². The minimum absolute atomic E-state index is 0.204. The van der Waals surface area contributed by atoms with Crippen molar-refractivity contribution in [3.05, 3.63) is 24.3 Å². The van der Waals surface area contributed by atoms with Gasteiger partial charge >= 0.3 is 0 Å². The summed E-state index contributed by atoms with van der Waals surface area (Å²) in [4.78, 5) is 14.2. The van der Waals surface area contributed by atoms with Crippen LogP contribution in [0.15, 0.2) is 24.3 Å². The van der Waals surface area contributed by atoms with Gasteiger partial charge < -0.3 is 9.64 Å². The lowest BCUT2D eigenvalue weighted by molar-refractivity contribution is -0.125. The van der Waals surface area contributed by atoms with Crippen molar-refractivity contribution in [2.75, 3.05) is 18.6 Å². The number of benzene rings is 1. The molecule has 0 radical (unpaired) electrons. The van der Waals surface area contributed by atoms with Gasteiger partial charge in [-0.15, -0.1) is 0 Å². The number of carbonyl (C=O) groups is 1. The molecule has 0 spiro atoms. The molecule has 0 saturated carbocycles. The number of hydrogen-bond donors (Lipinski definition) is 0. The Balaban J connectivity index is 2.27. The standard InChI is InChI=1S/C14H19NO2/c1-10-9-15(13(16)14(10,2)3)11-5-7-12(17-4)8-6-11/h5-8,10H,9H2,1-4H3. The highest BCUT2D eigenvalue weighted by Gasteiger charge is 2.44. The van der Waals surface area contributed by atoms with Crippen LogP contribution in [0, 0.1) is 11.3 Å². The van der Waals surface area contributed by atoms with Gasteiger partial charge in [-0.1, -0.05) is 20.8 Å². The summed E-state index contributed by atoms with van der Waals surface area (Å²) in [6.45, 7) is 6.95. The van der Waals surface area contributed by atoms with E-state index in [4.69, 9.17) is 4.74 Å². The minimum Gasteiger partial charge on any atom is -0.497 e. The van der Waals surface area contributed by atoms with Crippen molar-refractivity contribution in [3.8, 4) is 5.75 Å². The highest BCUT2D eigenvalue weighted by Crippen LogP contribution is 2.38. The maximum atomic E-state index is 12.3. The fourth-order valence-electron chi connectivity index (χ4n) is 2.13. The molecular formula is C14H19NO2. The van der Waals surface area contributed by atoms with Crippen molar-refractivity contribution in [2.24, 2.45) is 11.3 Å². The molecule has 1 heterocycles. The number of rotatable bonds is 2. The summed E-state index contributed by atoms with van der Waals surface area (Å²) in [5.74, 6) is 1.39. The molecule has 3 heteroatoms. The van der Waals surface area contributed by atoms with Crippen LogP contribution in [0.25, 0.3) is 0 Å². The van der Waals surface area contributed by atoms with Crippen LogP contribution < -0.4 is 9.64 Å². The lowest BCUT2D eigenvalue weighted by Gasteiger charge is -2.20. The van der Waals surface area contributed by atoms with E-state index in [-0.39, 0.29) is 11.3 Å². The number of anilines is 1. The van der Waals surface area contributed by atoms with E-state index in [0.717, 1.165) is 18.0 Å². The fraction of sp³-hybridized carbons (Fsp3) is 0.500. The van der Waals surface area contributed by atoms with Gasteiger partial charge in [-0.3, -0.25) is 4.79 Å². The van der Waals surface area contributed by atoms with Crippen LogP contribution in [-0.2, 0) is 4.79 Å². The second-order valence-corrected chi connectivity index (χ2v) is 5.24. The van der Waals surface area contributed by atoms with Gasteiger partial charge in [0.2, 0.25) is 5.91 Å². The number of ether oxygens (including phenoxy) is 1. The molecule has 1 fully saturated rings. The third kappa shape index (κ3) is 1.90. The molecule has 1 amide bonds. The number of carbonyl (C=O) groups excluding carboxylic acids is 1. The molecule has 1 atom stereocenters. The van der Waals surface area contributed by atoms with Gasteiger partial charge in [0.25, 0.3) is 0 Å². The van der Waals surface area contributed by atoms with E-state index in [1.165, 1.54) is 0 Å². The second-order valence-electron chi connectivity index (χ2n) is 5.24. The maximum Gasteiger partial charge on any atom is 0.232 e. The highest BCUT2D eigenvalue weighted by atomic mass is 16.5.